The Balaban J connectivity index is 2.13. The van der Waals surface area contributed by atoms with Gasteiger partial charge in [-0.15, -0.1) is 11.3 Å². The monoisotopic (exact) mass is 291 g/mol. The highest BCUT2D eigenvalue weighted by molar-refractivity contribution is 7.11. The molecule has 0 spiro atoms. The summed E-state index contributed by atoms with van der Waals surface area (Å²) in [5.74, 6) is -0.365. The number of nitrogens with zero attached hydrogens (tertiary/aromatic N) is 2. The van der Waals surface area contributed by atoms with Crippen LogP contribution >= 0.6 is 11.3 Å². The zero-order chi connectivity index (χ0) is 14.9. The first-order valence-corrected chi connectivity index (χ1v) is 7.08. The van der Waals surface area contributed by atoms with Crippen molar-refractivity contribution in [1.82, 2.24) is 14.9 Å². The molecule has 1 amide bonds. The number of thiazole rings is 1. The molecule has 2 aromatic rings. The maximum Gasteiger partial charge on any atom is 0.257 e. The first-order valence-electron chi connectivity index (χ1n) is 6.27. The predicted molar refractivity (Wildman–Crippen MR) is 79.2 cm³/mol. The van der Waals surface area contributed by atoms with Gasteiger partial charge in [0.1, 0.15) is 10.6 Å². The van der Waals surface area contributed by atoms with Crippen LogP contribution in [0.2, 0.25) is 0 Å². The lowest BCUT2D eigenvalue weighted by Crippen LogP contribution is -2.29. The van der Waals surface area contributed by atoms with Gasteiger partial charge in [-0.3, -0.25) is 9.59 Å². The molecule has 0 saturated carbocycles. The molecule has 0 radical (unpaired) electrons. The summed E-state index contributed by atoms with van der Waals surface area (Å²) in [6.45, 7) is 6.10. The van der Waals surface area contributed by atoms with Gasteiger partial charge in [-0.25, -0.2) is 4.98 Å². The molecular weight excluding hydrogens is 274 g/mol. The summed E-state index contributed by atoms with van der Waals surface area (Å²) in [6.07, 6.45) is 1.56. The van der Waals surface area contributed by atoms with Crippen molar-refractivity contribution < 1.29 is 4.79 Å². The second-order valence-corrected chi connectivity index (χ2v) is 6.02. The van der Waals surface area contributed by atoms with E-state index in [-0.39, 0.29) is 16.9 Å². The minimum Gasteiger partial charge on any atom is -0.354 e. The molecule has 0 aromatic carbocycles. The van der Waals surface area contributed by atoms with Crippen molar-refractivity contribution in [2.24, 2.45) is 7.05 Å². The Kier molecular flexibility index (Phi) is 4.04. The summed E-state index contributed by atoms with van der Waals surface area (Å²) in [4.78, 5) is 29.4. The fourth-order valence-electron chi connectivity index (χ4n) is 1.76. The van der Waals surface area contributed by atoms with Crippen molar-refractivity contribution in [1.29, 1.82) is 0 Å². The van der Waals surface area contributed by atoms with E-state index in [1.807, 2.05) is 20.8 Å². The molecule has 0 saturated heterocycles. The molecule has 0 bridgehead atoms. The van der Waals surface area contributed by atoms with E-state index in [0.29, 0.717) is 6.54 Å². The highest BCUT2D eigenvalue weighted by Gasteiger charge is 2.12. The van der Waals surface area contributed by atoms with Crippen LogP contribution in [-0.2, 0) is 13.6 Å². The molecule has 2 aromatic heterocycles. The summed E-state index contributed by atoms with van der Waals surface area (Å²) in [7, 11) is 1.80. The second kappa shape index (κ2) is 5.58. The molecule has 0 fully saturated rings. The van der Waals surface area contributed by atoms with Gasteiger partial charge in [0.15, 0.2) is 5.43 Å². The van der Waals surface area contributed by atoms with Crippen LogP contribution in [0, 0.1) is 20.8 Å². The molecule has 5 nitrogen and oxygen atoms in total. The molecule has 106 valence electrons. The Bertz CT molecular complexity index is 696. The number of hydrogen-bond acceptors (Lipinski definition) is 4. The molecule has 2 rings (SSSR count). The van der Waals surface area contributed by atoms with Crippen molar-refractivity contribution in [3.63, 3.8) is 0 Å². The summed E-state index contributed by atoms with van der Waals surface area (Å²) in [5, 5.41) is 3.58. The van der Waals surface area contributed by atoms with Crippen LogP contribution in [0.3, 0.4) is 0 Å². The van der Waals surface area contributed by atoms with Crippen LogP contribution in [0.15, 0.2) is 17.1 Å². The third kappa shape index (κ3) is 2.96. The summed E-state index contributed by atoms with van der Waals surface area (Å²) in [6, 6.07) is 1.46. The number of carbonyl (C=O) groups excluding carboxylic acids is 1. The van der Waals surface area contributed by atoms with Crippen LogP contribution in [0.25, 0.3) is 0 Å². The Morgan fingerprint density at radius 1 is 1.40 bits per heavy atom. The van der Waals surface area contributed by atoms with Gasteiger partial charge in [0.2, 0.25) is 0 Å². The van der Waals surface area contributed by atoms with Gasteiger partial charge >= 0.3 is 0 Å². The highest BCUT2D eigenvalue weighted by Crippen LogP contribution is 2.16. The van der Waals surface area contributed by atoms with Gasteiger partial charge in [-0.2, -0.15) is 0 Å². The Morgan fingerprint density at radius 3 is 2.70 bits per heavy atom. The molecule has 0 atom stereocenters. The van der Waals surface area contributed by atoms with E-state index < -0.39 is 0 Å². The highest BCUT2D eigenvalue weighted by atomic mass is 32.1. The van der Waals surface area contributed by atoms with E-state index in [1.165, 1.54) is 6.07 Å². The molecule has 0 aliphatic rings. The van der Waals surface area contributed by atoms with Crippen LogP contribution < -0.4 is 10.7 Å². The van der Waals surface area contributed by atoms with Crippen LogP contribution in [0.1, 0.15) is 31.6 Å². The normalized spacial score (nSPS) is 10.6. The van der Waals surface area contributed by atoms with Crippen LogP contribution in [0.4, 0.5) is 0 Å². The fraction of sp³-hybridized carbons (Fsp3) is 0.357. The predicted octanol–water partition coefficient (Wildman–Crippen LogP) is 1.70. The lowest BCUT2D eigenvalue weighted by molar-refractivity contribution is 0.0949. The number of rotatable bonds is 3. The Morgan fingerprint density at radius 2 is 2.10 bits per heavy atom. The standard InChI is InChI=1S/C14H17N3O2S/c1-8-5-12(18)11(7-17(8)4)14(19)15-6-13-16-9(2)10(3)20-13/h5,7H,6H2,1-4H3,(H,15,19). The van der Waals surface area contributed by atoms with Crippen LogP contribution in [-0.4, -0.2) is 15.5 Å². The lowest BCUT2D eigenvalue weighted by atomic mass is 10.2. The van der Waals surface area contributed by atoms with Gasteiger partial charge in [-0.1, -0.05) is 0 Å². The Hall–Kier alpha value is -1.95. The minimum absolute atomic E-state index is 0.156. The van der Waals surface area contributed by atoms with E-state index in [2.05, 4.69) is 10.3 Å². The summed E-state index contributed by atoms with van der Waals surface area (Å²) in [5.41, 5.74) is 1.69. The number of nitrogens with one attached hydrogen (secondary N) is 1. The molecule has 1 N–H and O–H groups in total. The third-order valence-electron chi connectivity index (χ3n) is 3.20. The van der Waals surface area contributed by atoms with Crippen LogP contribution in [0.5, 0.6) is 0 Å². The molecule has 0 aliphatic heterocycles. The van der Waals surface area contributed by atoms with Gasteiger partial charge < -0.3 is 9.88 Å². The lowest BCUT2D eigenvalue weighted by Gasteiger charge is -2.07. The first-order chi connectivity index (χ1) is 9.38. The molecule has 20 heavy (non-hydrogen) atoms. The van der Waals surface area contributed by atoms with E-state index >= 15 is 0 Å². The zero-order valence-corrected chi connectivity index (χ0v) is 12.8. The van der Waals surface area contributed by atoms with Gasteiger partial charge in [0, 0.05) is 29.9 Å². The van der Waals surface area contributed by atoms with Crippen molar-refractivity contribution in [2.75, 3.05) is 0 Å². The third-order valence-corrected chi connectivity index (χ3v) is 4.27. The largest absolute Gasteiger partial charge is 0.354 e. The number of hydrogen-bond donors (Lipinski definition) is 1. The van der Waals surface area contributed by atoms with Crippen molar-refractivity contribution in [3.8, 4) is 0 Å². The molecule has 0 unspecified atom stereocenters. The van der Waals surface area contributed by atoms with Crippen molar-refractivity contribution in [2.45, 2.75) is 27.3 Å². The SMILES string of the molecule is Cc1nc(CNC(=O)c2cn(C)c(C)cc2=O)sc1C. The maximum atomic E-state index is 12.0. The van der Waals surface area contributed by atoms with E-state index in [9.17, 15) is 9.59 Å². The molecular formula is C14H17N3O2S. The molecule has 2 heterocycles. The van der Waals surface area contributed by atoms with E-state index in [1.54, 1.807) is 29.1 Å². The average Bonchev–Trinajstić information content (AvgIpc) is 2.70. The quantitative estimate of drug-likeness (QED) is 0.936. The Labute approximate surface area is 121 Å². The number of pyridine rings is 1. The first kappa shape index (κ1) is 14.5. The van der Waals surface area contributed by atoms with Gasteiger partial charge in [0.25, 0.3) is 5.91 Å². The second-order valence-electron chi connectivity index (χ2n) is 4.74. The molecule has 6 heteroatoms. The molecule has 0 aliphatic carbocycles. The van der Waals surface area contributed by atoms with Gasteiger partial charge in [0.05, 0.1) is 12.2 Å². The maximum absolute atomic E-state index is 12.0. The number of carbonyl (C=O) groups is 1. The zero-order valence-electron chi connectivity index (χ0n) is 12.0. The smallest absolute Gasteiger partial charge is 0.257 e. The topological polar surface area (TPSA) is 64.0 Å². The van der Waals surface area contributed by atoms with Crippen molar-refractivity contribution in [3.05, 3.63) is 49.3 Å². The summed E-state index contributed by atoms with van der Waals surface area (Å²) < 4.78 is 1.76. The minimum atomic E-state index is -0.365. The number of aryl methyl sites for hydroxylation is 4. The van der Waals surface area contributed by atoms with E-state index in [0.717, 1.165) is 21.3 Å². The fourth-order valence-corrected chi connectivity index (χ4v) is 2.64. The van der Waals surface area contributed by atoms with Crippen molar-refractivity contribution >= 4 is 17.2 Å². The average molecular weight is 291 g/mol. The van der Waals surface area contributed by atoms with Gasteiger partial charge in [-0.05, 0) is 20.8 Å². The van der Waals surface area contributed by atoms with E-state index in [4.69, 9.17) is 0 Å². The summed E-state index contributed by atoms with van der Waals surface area (Å²) >= 11 is 1.55. The number of amides is 1. The number of aromatic nitrogens is 2.